The van der Waals surface area contributed by atoms with E-state index in [2.05, 4.69) is 10.3 Å². The molecule has 1 aromatic heterocycles. The lowest BCUT2D eigenvalue weighted by atomic mass is 9.99. The Balaban J connectivity index is 1.88. The van der Waals surface area contributed by atoms with Gasteiger partial charge in [-0.25, -0.2) is 9.37 Å². The fourth-order valence-corrected chi connectivity index (χ4v) is 1.90. The maximum absolute atomic E-state index is 13.3. The van der Waals surface area contributed by atoms with E-state index in [1.54, 1.807) is 0 Å². The molecule has 0 amide bonds. The summed E-state index contributed by atoms with van der Waals surface area (Å²) in [6.07, 6.45) is 3.52. The smallest absolute Gasteiger partial charge is 0.250 e. The van der Waals surface area contributed by atoms with Gasteiger partial charge < -0.3 is 10.1 Å². The molecule has 16 heavy (non-hydrogen) atoms. The van der Waals surface area contributed by atoms with Gasteiger partial charge in [-0.15, -0.1) is 0 Å². The van der Waals surface area contributed by atoms with Crippen molar-refractivity contribution in [2.24, 2.45) is 5.92 Å². The maximum Gasteiger partial charge on any atom is 0.250 e. The molecular weight excluding hydrogens is 231 g/mol. The molecule has 0 atom stereocenters. The molecule has 1 aliphatic rings. The van der Waals surface area contributed by atoms with Gasteiger partial charge >= 0.3 is 0 Å². The molecule has 1 N–H and O–H groups in total. The molecule has 3 nitrogen and oxygen atoms in total. The lowest BCUT2D eigenvalue weighted by Gasteiger charge is -2.22. The van der Waals surface area contributed by atoms with Crippen LogP contribution in [0.25, 0.3) is 0 Å². The SMILES string of the molecule is Fc1cc(Cl)cnc1OCC1CCNCC1. The van der Waals surface area contributed by atoms with E-state index in [1.165, 1.54) is 12.3 Å². The molecule has 0 aliphatic carbocycles. The van der Waals surface area contributed by atoms with Gasteiger partial charge in [0, 0.05) is 6.20 Å². The second kappa shape index (κ2) is 5.46. The Morgan fingerprint density at radius 2 is 2.25 bits per heavy atom. The van der Waals surface area contributed by atoms with Gasteiger partial charge in [0.1, 0.15) is 0 Å². The normalized spacial score (nSPS) is 17.4. The zero-order chi connectivity index (χ0) is 11.4. The first-order valence-corrected chi connectivity index (χ1v) is 5.78. The molecule has 1 aromatic rings. The molecule has 0 spiro atoms. The van der Waals surface area contributed by atoms with Crippen LogP contribution in [-0.2, 0) is 0 Å². The summed E-state index contributed by atoms with van der Waals surface area (Å²) in [6.45, 7) is 2.53. The summed E-state index contributed by atoms with van der Waals surface area (Å²) in [5, 5.41) is 3.55. The Hall–Kier alpha value is -0.870. The van der Waals surface area contributed by atoms with Gasteiger partial charge in [0.15, 0.2) is 5.82 Å². The van der Waals surface area contributed by atoms with Crippen LogP contribution >= 0.6 is 11.6 Å². The van der Waals surface area contributed by atoms with Crippen LogP contribution in [0.4, 0.5) is 4.39 Å². The van der Waals surface area contributed by atoms with Gasteiger partial charge in [-0.1, -0.05) is 11.6 Å². The maximum atomic E-state index is 13.3. The van der Waals surface area contributed by atoms with E-state index in [0.717, 1.165) is 25.9 Å². The molecule has 88 valence electrons. The second-order valence-electron chi connectivity index (χ2n) is 3.94. The van der Waals surface area contributed by atoms with Crippen molar-refractivity contribution in [1.29, 1.82) is 0 Å². The average molecular weight is 245 g/mol. The van der Waals surface area contributed by atoms with Crippen molar-refractivity contribution in [1.82, 2.24) is 10.3 Å². The number of piperidine rings is 1. The topological polar surface area (TPSA) is 34.1 Å². The van der Waals surface area contributed by atoms with E-state index in [-0.39, 0.29) is 10.9 Å². The number of hydrogen-bond acceptors (Lipinski definition) is 3. The average Bonchev–Trinajstić information content (AvgIpc) is 2.29. The van der Waals surface area contributed by atoms with Crippen LogP contribution in [-0.4, -0.2) is 24.7 Å². The second-order valence-corrected chi connectivity index (χ2v) is 4.38. The van der Waals surface area contributed by atoms with Gasteiger partial charge in [-0.05, 0) is 37.9 Å². The first-order chi connectivity index (χ1) is 7.75. The van der Waals surface area contributed by atoms with E-state index in [4.69, 9.17) is 16.3 Å². The molecule has 2 heterocycles. The highest BCUT2D eigenvalue weighted by atomic mass is 35.5. The van der Waals surface area contributed by atoms with Crippen LogP contribution in [0, 0.1) is 11.7 Å². The minimum Gasteiger partial charge on any atom is -0.475 e. The molecule has 1 aliphatic heterocycles. The number of nitrogens with zero attached hydrogens (tertiary/aromatic N) is 1. The lowest BCUT2D eigenvalue weighted by Crippen LogP contribution is -2.30. The quantitative estimate of drug-likeness (QED) is 0.886. The summed E-state index contributed by atoms with van der Waals surface area (Å²) in [5.41, 5.74) is 0. The largest absolute Gasteiger partial charge is 0.475 e. The Bertz CT molecular complexity index is 356. The Morgan fingerprint density at radius 3 is 2.94 bits per heavy atom. The van der Waals surface area contributed by atoms with Crippen molar-refractivity contribution >= 4 is 11.6 Å². The molecule has 1 fully saturated rings. The number of ether oxygens (including phenoxy) is 1. The van der Waals surface area contributed by atoms with Crippen molar-refractivity contribution in [3.63, 3.8) is 0 Å². The molecule has 0 saturated carbocycles. The minimum atomic E-state index is -0.499. The minimum absolute atomic E-state index is 0.0444. The summed E-state index contributed by atoms with van der Waals surface area (Å²) < 4.78 is 18.7. The van der Waals surface area contributed by atoms with Gasteiger partial charge in [0.25, 0.3) is 0 Å². The van der Waals surface area contributed by atoms with Crippen LogP contribution in [0.2, 0.25) is 5.02 Å². The fraction of sp³-hybridized carbons (Fsp3) is 0.545. The Labute approximate surface area is 99.0 Å². The van der Waals surface area contributed by atoms with Crippen LogP contribution in [0.1, 0.15) is 12.8 Å². The van der Waals surface area contributed by atoms with Crippen LogP contribution < -0.4 is 10.1 Å². The molecule has 0 aromatic carbocycles. The summed E-state index contributed by atoms with van der Waals surface area (Å²) >= 11 is 5.60. The van der Waals surface area contributed by atoms with Gasteiger partial charge in [0.2, 0.25) is 5.88 Å². The van der Waals surface area contributed by atoms with Crippen LogP contribution in [0.15, 0.2) is 12.3 Å². The summed E-state index contributed by atoms with van der Waals surface area (Å²) in [5.74, 6) is 0.0301. The van der Waals surface area contributed by atoms with E-state index in [1.807, 2.05) is 0 Å². The van der Waals surface area contributed by atoms with Crippen molar-refractivity contribution < 1.29 is 9.13 Å². The number of aromatic nitrogens is 1. The predicted octanol–water partition coefficient (Wildman–Crippen LogP) is 2.25. The van der Waals surface area contributed by atoms with Gasteiger partial charge in [-0.3, -0.25) is 0 Å². The van der Waals surface area contributed by atoms with Crippen molar-refractivity contribution in [3.8, 4) is 5.88 Å². The third kappa shape index (κ3) is 3.06. The summed E-state index contributed by atoms with van der Waals surface area (Å²) in [7, 11) is 0. The molecule has 0 unspecified atom stereocenters. The Kier molecular flexibility index (Phi) is 3.96. The molecule has 0 radical (unpaired) electrons. The predicted molar refractivity (Wildman–Crippen MR) is 60.3 cm³/mol. The molecule has 1 saturated heterocycles. The van der Waals surface area contributed by atoms with E-state index in [0.29, 0.717) is 12.5 Å². The zero-order valence-corrected chi connectivity index (χ0v) is 9.63. The monoisotopic (exact) mass is 244 g/mol. The van der Waals surface area contributed by atoms with Gasteiger partial charge in [-0.2, -0.15) is 0 Å². The highest BCUT2D eigenvalue weighted by molar-refractivity contribution is 6.30. The molecule has 5 heteroatoms. The molecular formula is C11H14ClFN2O. The lowest BCUT2D eigenvalue weighted by molar-refractivity contribution is 0.201. The highest BCUT2D eigenvalue weighted by Gasteiger charge is 2.15. The highest BCUT2D eigenvalue weighted by Crippen LogP contribution is 2.19. The first-order valence-electron chi connectivity index (χ1n) is 5.40. The number of nitrogens with one attached hydrogen (secondary N) is 1. The third-order valence-corrected chi connectivity index (χ3v) is 2.90. The van der Waals surface area contributed by atoms with Crippen LogP contribution in [0.3, 0.4) is 0 Å². The molecule has 2 rings (SSSR count). The van der Waals surface area contributed by atoms with Crippen LogP contribution in [0.5, 0.6) is 5.88 Å². The number of rotatable bonds is 3. The van der Waals surface area contributed by atoms with Crippen molar-refractivity contribution in [2.45, 2.75) is 12.8 Å². The number of halogens is 2. The third-order valence-electron chi connectivity index (χ3n) is 2.69. The van der Waals surface area contributed by atoms with E-state index >= 15 is 0 Å². The first kappa shape index (κ1) is 11.6. The number of hydrogen-bond donors (Lipinski definition) is 1. The Morgan fingerprint density at radius 1 is 1.50 bits per heavy atom. The van der Waals surface area contributed by atoms with Crippen molar-refractivity contribution in [3.05, 3.63) is 23.1 Å². The van der Waals surface area contributed by atoms with Crippen molar-refractivity contribution in [2.75, 3.05) is 19.7 Å². The van der Waals surface area contributed by atoms with E-state index < -0.39 is 5.82 Å². The summed E-state index contributed by atoms with van der Waals surface area (Å²) in [4.78, 5) is 3.82. The molecule has 0 bridgehead atoms. The number of pyridine rings is 1. The standard InChI is InChI=1S/C11H14ClFN2O/c12-9-5-10(13)11(15-6-9)16-7-8-1-3-14-4-2-8/h5-6,8,14H,1-4,7H2. The van der Waals surface area contributed by atoms with E-state index in [9.17, 15) is 4.39 Å². The van der Waals surface area contributed by atoms with Gasteiger partial charge in [0.05, 0.1) is 11.6 Å². The fourth-order valence-electron chi connectivity index (χ4n) is 1.75. The zero-order valence-electron chi connectivity index (χ0n) is 8.88. The summed E-state index contributed by atoms with van der Waals surface area (Å²) in [6, 6.07) is 1.21.